The summed E-state index contributed by atoms with van der Waals surface area (Å²) in [4.78, 5) is 36.4. The fraction of sp³-hybridized carbons (Fsp3) is 0.571. The number of aliphatic carboxylic acids is 1. The van der Waals surface area contributed by atoms with Crippen molar-refractivity contribution >= 4 is 41.8 Å². The van der Waals surface area contributed by atoms with Gasteiger partial charge in [0.2, 0.25) is 11.8 Å². The van der Waals surface area contributed by atoms with Crippen molar-refractivity contribution in [2.75, 3.05) is 13.1 Å². The van der Waals surface area contributed by atoms with Crippen molar-refractivity contribution in [2.24, 2.45) is 5.92 Å². The van der Waals surface area contributed by atoms with Crippen molar-refractivity contribution in [3.05, 3.63) is 34.9 Å². The zero-order valence-electron chi connectivity index (χ0n) is 17.3. The van der Waals surface area contributed by atoms with E-state index in [1.807, 2.05) is 19.1 Å². The second-order valence-electron chi connectivity index (χ2n) is 7.62. The maximum atomic E-state index is 12.6. The molecule has 0 radical (unpaired) electrons. The van der Waals surface area contributed by atoms with Crippen LogP contribution < -0.4 is 16.0 Å². The third kappa shape index (κ3) is 7.78. The number of hydrogen-bond donors (Lipinski definition) is 4. The second kappa shape index (κ2) is 12.8. The lowest BCUT2D eigenvalue weighted by Gasteiger charge is -2.23. The topological polar surface area (TPSA) is 108 Å². The molecule has 30 heavy (non-hydrogen) atoms. The van der Waals surface area contributed by atoms with E-state index >= 15 is 0 Å². The van der Waals surface area contributed by atoms with Gasteiger partial charge in [0, 0.05) is 23.9 Å². The van der Waals surface area contributed by atoms with Gasteiger partial charge in [-0.1, -0.05) is 44.0 Å². The first-order chi connectivity index (χ1) is 13.8. The van der Waals surface area contributed by atoms with Gasteiger partial charge in [0.05, 0.1) is 6.04 Å². The summed E-state index contributed by atoms with van der Waals surface area (Å²) in [6, 6.07) is 5.99. The van der Waals surface area contributed by atoms with Crippen LogP contribution >= 0.6 is 24.0 Å². The van der Waals surface area contributed by atoms with Crippen molar-refractivity contribution in [1.82, 2.24) is 16.0 Å². The minimum absolute atomic E-state index is 0. The van der Waals surface area contributed by atoms with Gasteiger partial charge in [0.1, 0.15) is 6.04 Å². The quantitative estimate of drug-likeness (QED) is 0.430. The van der Waals surface area contributed by atoms with Gasteiger partial charge in [-0.05, 0) is 43.0 Å². The molecule has 1 heterocycles. The monoisotopic (exact) mass is 459 g/mol. The fourth-order valence-corrected chi connectivity index (χ4v) is 3.56. The van der Waals surface area contributed by atoms with Gasteiger partial charge in [0.15, 0.2) is 0 Å². The molecule has 0 aromatic heterocycles. The number of carbonyl (C=O) groups excluding carboxylic acids is 2. The van der Waals surface area contributed by atoms with Crippen molar-refractivity contribution in [2.45, 2.75) is 57.5 Å². The minimum atomic E-state index is -1.05. The Morgan fingerprint density at radius 1 is 1.27 bits per heavy atom. The number of benzene rings is 1. The van der Waals surface area contributed by atoms with Crippen LogP contribution in [-0.2, 0) is 14.4 Å². The van der Waals surface area contributed by atoms with Crippen molar-refractivity contribution in [3.8, 4) is 0 Å². The molecule has 0 bridgehead atoms. The average molecular weight is 460 g/mol. The predicted octanol–water partition coefficient (Wildman–Crippen LogP) is 2.72. The Morgan fingerprint density at radius 2 is 1.93 bits per heavy atom. The molecular formula is C21H31Cl2N3O4. The summed E-state index contributed by atoms with van der Waals surface area (Å²) < 4.78 is 0. The van der Waals surface area contributed by atoms with Crippen molar-refractivity contribution in [1.29, 1.82) is 0 Å². The molecule has 2 rings (SSSR count). The Bertz CT molecular complexity index is 709. The van der Waals surface area contributed by atoms with Crippen LogP contribution in [-0.4, -0.2) is 48.1 Å². The molecule has 168 valence electrons. The van der Waals surface area contributed by atoms with E-state index in [-0.39, 0.29) is 55.1 Å². The summed E-state index contributed by atoms with van der Waals surface area (Å²) in [5.74, 6) is -1.95. The summed E-state index contributed by atoms with van der Waals surface area (Å²) in [5, 5.41) is 18.7. The van der Waals surface area contributed by atoms with Gasteiger partial charge in [-0.15, -0.1) is 12.4 Å². The maximum Gasteiger partial charge on any atom is 0.326 e. The zero-order valence-corrected chi connectivity index (χ0v) is 18.9. The summed E-state index contributed by atoms with van der Waals surface area (Å²) in [6.07, 6.45) is 2.48. The molecule has 4 atom stereocenters. The number of halogens is 2. The van der Waals surface area contributed by atoms with E-state index in [0.717, 1.165) is 24.9 Å². The summed E-state index contributed by atoms with van der Waals surface area (Å²) in [6.45, 7) is 4.79. The largest absolute Gasteiger partial charge is 0.480 e. The van der Waals surface area contributed by atoms with E-state index in [1.54, 1.807) is 19.1 Å². The first-order valence-electron chi connectivity index (χ1n) is 10.1. The number of carboxylic acid groups (broad SMARTS) is 1. The summed E-state index contributed by atoms with van der Waals surface area (Å²) in [5.41, 5.74) is 0.861. The molecule has 1 aliphatic heterocycles. The lowest BCUT2D eigenvalue weighted by atomic mass is 9.94. The first-order valence-corrected chi connectivity index (χ1v) is 10.5. The van der Waals surface area contributed by atoms with Gasteiger partial charge < -0.3 is 21.1 Å². The predicted molar refractivity (Wildman–Crippen MR) is 119 cm³/mol. The molecule has 9 heteroatoms. The standard InChI is InChI=1S/C21H30ClN3O4.ClH/c1-3-13(2)19(21(28)29)25-18(26)11-15(14-6-8-16(22)9-7-14)12-24-20(27)17-5-4-10-23-17;/h6-9,13,15,17,19,23H,3-5,10-12H2,1-2H3,(H,24,27)(H,25,26)(H,28,29);1H/t13?,15-,17-,19-;/m0./s1. The van der Waals surface area contributed by atoms with E-state index in [1.165, 1.54) is 0 Å². The van der Waals surface area contributed by atoms with E-state index in [9.17, 15) is 19.5 Å². The molecule has 1 fully saturated rings. The molecule has 0 aliphatic carbocycles. The molecule has 1 aliphatic rings. The van der Waals surface area contributed by atoms with Crippen LogP contribution in [0, 0.1) is 5.92 Å². The van der Waals surface area contributed by atoms with Crippen LogP contribution in [0.1, 0.15) is 51.0 Å². The SMILES string of the molecule is CCC(C)[C@H](NC(=O)C[C@@H](CNC(=O)[C@@H]1CCCN1)c1ccc(Cl)cc1)C(=O)O.Cl. The molecule has 1 aromatic carbocycles. The van der Waals surface area contributed by atoms with Gasteiger partial charge in [0.25, 0.3) is 0 Å². The number of hydrogen-bond acceptors (Lipinski definition) is 4. The van der Waals surface area contributed by atoms with Crippen molar-refractivity contribution < 1.29 is 19.5 Å². The van der Waals surface area contributed by atoms with E-state index < -0.39 is 12.0 Å². The number of nitrogens with one attached hydrogen (secondary N) is 3. The van der Waals surface area contributed by atoms with Gasteiger partial charge >= 0.3 is 5.97 Å². The van der Waals surface area contributed by atoms with E-state index in [2.05, 4.69) is 16.0 Å². The van der Waals surface area contributed by atoms with Crippen LogP contribution in [0.3, 0.4) is 0 Å². The van der Waals surface area contributed by atoms with Crippen LogP contribution in [0.5, 0.6) is 0 Å². The first kappa shape index (κ1) is 26.2. The fourth-order valence-electron chi connectivity index (χ4n) is 3.44. The number of amides is 2. The third-order valence-corrected chi connectivity index (χ3v) is 5.72. The van der Waals surface area contributed by atoms with Crippen LogP contribution in [0.2, 0.25) is 5.02 Å². The Hall–Kier alpha value is -1.83. The van der Waals surface area contributed by atoms with Crippen LogP contribution in [0.25, 0.3) is 0 Å². The number of rotatable bonds is 10. The Morgan fingerprint density at radius 3 is 2.47 bits per heavy atom. The zero-order chi connectivity index (χ0) is 21.4. The maximum absolute atomic E-state index is 12.6. The molecule has 7 nitrogen and oxygen atoms in total. The molecule has 2 amide bonds. The van der Waals surface area contributed by atoms with Gasteiger partial charge in [-0.3, -0.25) is 9.59 Å². The highest BCUT2D eigenvalue weighted by molar-refractivity contribution is 6.30. The number of carbonyl (C=O) groups is 3. The minimum Gasteiger partial charge on any atom is -0.480 e. The highest BCUT2D eigenvalue weighted by atomic mass is 35.5. The number of carboxylic acids is 1. The smallest absolute Gasteiger partial charge is 0.326 e. The van der Waals surface area contributed by atoms with Crippen molar-refractivity contribution in [3.63, 3.8) is 0 Å². The highest BCUT2D eigenvalue weighted by Crippen LogP contribution is 2.22. The molecule has 1 saturated heterocycles. The second-order valence-corrected chi connectivity index (χ2v) is 8.05. The van der Waals surface area contributed by atoms with Crippen LogP contribution in [0.4, 0.5) is 0 Å². The Balaban J connectivity index is 0.00000450. The lowest BCUT2D eigenvalue weighted by Crippen LogP contribution is -2.46. The average Bonchev–Trinajstić information content (AvgIpc) is 3.24. The Labute approximate surface area is 188 Å². The highest BCUT2D eigenvalue weighted by Gasteiger charge is 2.28. The van der Waals surface area contributed by atoms with E-state index in [0.29, 0.717) is 11.4 Å². The molecule has 0 saturated carbocycles. The summed E-state index contributed by atoms with van der Waals surface area (Å²) >= 11 is 5.97. The lowest BCUT2D eigenvalue weighted by molar-refractivity contribution is -0.143. The van der Waals surface area contributed by atoms with Gasteiger partial charge in [-0.2, -0.15) is 0 Å². The molecule has 4 N–H and O–H groups in total. The van der Waals surface area contributed by atoms with Gasteiger partial charge in [-0.25, -0.2) is 4.79 Å². The third-order valence-electron chi connectivity index (χ3n) is 5.47. The molecule has 1 aromatic rings. The Kier molecular flexibility index (Phi) is 11.2. The van der Waals surface area contributed by atoms with Crippen LogP contribution in [0.15, 0.2) is 24.3 Å². The molecule has 0 spiro atoms. The van der Waals surface area contributed by atoms with E-state index in [4.69, 9.17) is 11.6 Å². The normalized spacial score (nSPS) is 18.6. The molecule has 1 unspecified atom stereocenters. The molecular weight excluding hydrogens is 429 g/mol. The summed E-state index contributed by atoms with van der Waals surface area (Å²) in [7, 11) is 0.